The third kappa shape index (κ3) is 6.70. The molecular weight excluding hydrogens is 581 g/mol. The molecule has 0 unspecified atom stereocenters. The van der Waals surface area contributed by atoms with Crippen LogP contribution in [-0.4, -0.2) is 0 Å². The second kappa shape index (κ2) is 14.1. The first-order chi connectivity index (χ1) is 23.6. The summed E-state index contributed by atoms with van der Waals surface area (Å²) >= 11 is 0. The molecule has 0 aromatic heterocycles. The lowest BCUT2D eigenvalue weighted by molar-refractivity contribution is 1.22. The van der Waals surface area contributed by atoms with Gasteiger partial charge in [-0.15, -0.1) is 0 Å². The fourth-order valence-electron chi connectivity index (χ4n) is 6.15. The summed E-state index contributed by atoms with van der Waals surface area (Å²) in [7, 11) is 0. The molecular formula is C46H38N2. The highest BCUT2D eigenvalue weighted by Gasteiger charge is 2.16. The van der Waals surface area contributed by atoms with E-state index < -0.39 is 0 Å². The van der Waals surface area contributed by atoms with Gasteiger partial charge in [0.2, 0.25) is 0 Å². The SMILES string of the molecule is Cc1ccccc1N(c1ccc(C=Cc2ccc(-c3ccc(N(c4ccccc4)c4ccccc4)cc3)cc2)cc1)c1ccccc1C. The minimum atomic E-state index is 1.13. The van der Waals surface area contributed by atoms with Crippen LogP contribution in [-0.2, 0) is 0 Å². The minimum Gasteiger partial charge on any atom is -0.311 e. The van der Waals surface area contributed by atoms with Crippen LogP contribution in [0, 0.1) is 13.8 Å². The van der Waals surface area contributed by atoms with E-state index in [2.05, 4.69) is 218 Å². The molecule has 7 rings (SSSR count). The Labute approximate surface area is 284 Å². The zero-order chi connectivity index (χ0) is 32.7. The fraction of sp³-hybridized carbons (Fsp3) is 0.0435. The number of benzene rings is 7. The maximum Gasteiger partial charge on any atom is 0.0490 e. The van der Waals surface area contributed by atoms with Crippen LogP contribution >= 0.6 is 0 Å². The number of nitrogens with zero attached hydrogens (tertiary/aromatic N) is 2. The summed E-state index contributed by atoms with van der Waals surface area (Å²) in [6, 6.07) is 64.5. The normalized spacial score (nSPS) is 11.0. The Balaban J connectivity index is 1.08. The van der Waals surface area contributed by atoms with Gasteiger partial charge in [0.25, 0.3) is 0 Å². The van der Waals surface area contributed by atoms with Gasteiger partial charge in [-0.1, -0.05) is 133 Å². The molecule has 0 aliphatic carbocycles. The summed E-state index contributed by atoms with van der Waals surface area (Å²) in [6.07, 6.45) is 4.36. The quantitative estimate of drug-likeness (QED) is 0.149. The summed E-state index contributed by atoms with van der Waals surface area (Å²) in [5, 5.41) is 0. The first-order valence-corrected chi connectivity index (χ1v) is 16.4. The summed E-state index contributed by atoms with van der Waals surface area (Å²) in [6.45, 7) is 4.34. The van der Waals surface area contributed by atoms with Gasteiger partial charge in [-0.05, 0) is 108 Å². The van der Waals surface area contributed by atoms with Gasteiger partial charge in [0.1, 0.15) is 0 Å². The van der Waals surface area contributed by atoms with Crippen molar-refractivity contribution in [3.05, 3.63) is 204 Å². The average molecular weight is 619 g/mol. The van der Waals surface area contributed by atoms with Gasteiger partial charge >= 0.3 is 0 Å². The van der Waals surface area contributed by atoms with Gasteiger partial charge in [0, 0.05) is 34.1 Å². The van der Waals surface area contributed by atoms with Crippen LogP contribution in [0.3, 0.4) is 0 Å². The van der Waals surface area contributed by atoms with Crippen molar-refractivity contribution in [1.82, 2.24) is 0 Å². The van der Waals surface area contributed by atoms with Gasteiger partial charge in [0.15, 0.2) is 0 Å². The van der Waals surface area contributed by atoms with Crippen LogP contribution in [0.4, 0.5) is 34.1 Å². The fourth-order valence-corrected chi connectivity index (χ4v) is 6.15. The van der Waals surface area contributed by atoms with E-state index in [1.807, 2.05) is 0 Å². The highest BCUT2D eigenvalue weighted by atomic mass is 15.1. The predicted octanol–water partition coefficient (Wildman–Crippen LogP) is 13.1. The molecule has 2 nitrogen and oxygen atoms in total. The average Bonchev–Trinajstić information content (AvgIpc) is 3.14. The Morgan fingerprint density at radius 2 is 0.646 bits per heavy atom. The first kappa shape index (κ1) is 30.5. The smallest absolute Gasteiger partial charge is 0.0490 e. The Kier molecular flexibility index (Phi) is 8.97. The largest absolute Gasteiger partial charge is 0.311 e. The van der Waals surface area contributed by atoms with E-state index in [1.165, 1.54) is 39.2 Å². The topological polar surface area (TPSA) is 6.48 Å². The van der Waals surface area contributed by atoms with E-state index in [0.29, 0.717) is 0 Å². The minimum absolute atomic E-state index is 1.13. The van der Waals surface area contributed by atoms with E-state index in [0.717, 1.165) is 28.3 Å². The molecule has 7 aromatic carbocycles. The van der Waals surface area contributed by atoms with Crippen molar-refractivity contribution >= 4 is 46.3 Å². The predicted molar refractivity (Wildman–Crippen MR) is 206 cm³/mol. The molecule has 232 valence electrons. The third-order valence-corrected chi connectivity index (χ3v) is 8.73. The third-order valence-electron chi connectivity index (χ3n) is 8.73. The Morgan fingerprint density at radius 1 is 0.312 bits per heavy atom. The summed E-state index contributed by atoms with van der Waals surface area (Å²) in [5.41, 5.74) is 14.1. The van der Waals surface area contributed by atoms with Crippen molar-refractivity contribution in [1.29, 1.82) is 0 Å². The number of rotatable bonds is 9. The van der Waals surface area contributed by atoms with Crippen molar-refractivity contribution < 1.29 is 0 Å². The Morgan fingerprint density at radius 3 is 1.10 bits per heavy atom. The molecule has 0 aliphatic heterocycles. The van der Waals surface area contributed by atoms with E-state index >= 15 is 0 Å². The van der Waals surface area contributed by atoms with E-state index in [9.17, 15) is 0 Å². The number of anilines is 6. The molecule has 0 saturated carbocycles. The molecule has 48 heavy (non-hydrogen) atoms. The highest BCUT2D eigenvalue weighted by molar-refractivity contribution is 5.82. The maximum absolute atomic E-state index is 2.35. The Bertz CT molecular complexity index is 2030. The molecule has 0 saturated heterocycles. The van der Waals surface area contributed by atoms with E-state index in [-0.39, 0.29) is 0 Å². The van der Waals surface area contributed by atoms with E-state index in [1.54, 1.807) is 0 Å². The second-order valence-electron chi connectivity index (χ2n) is 12.0. The Hall–Kier alpha value is -6.12. The second-order valence-corrected chi connectivity index (χ2v) is 12.0. The molecule has 0 bridgehead atoms. The molecule has 7 aromatic rings. The van der Waals surface area contributed by atoms with Crippen molar-refractivity contribution in [2.75, 3.05) is 9.80 Å². The highest BCUT2D eigenvalue weighted by Crippen LogP contribution is 2.38. The molecule has 0 aliphatic rings. The number of hydrogen-bond donors (Lipinski definition) is 0. The zero-order valence-corrected chi connectivity index (χ0v) is 27.4. The van der Waals surface area contributed by atoms with Crippen molar-refractivity contribution in [2.45, 2.75) is 13.8 Å². The van der Waals surface area contributed by atoms with E-state index in [4.69, 9.17) is 0 Å². The number of para-hydroxylation sites is 4. The lowest BCUT2D eigenvalue weighted by Crippen LogP contribution is -2.12. The van der Waals surface area contributed by atoms with Crippen LogP contribution in [0.15, 0.2) is 182 Å². The summed E-state index contributed by atoms with van der Waals surface area (Å²) in [4.78, 5) is 4.64. The first-order valence-electron chi connectivity index (χ1n) is 16.4. The van der Waals surface area contributed by atoms with Crippen LogP contribution in [0.25, 0.3) is 23.3 Å². The molecule has 0 amide bonds. The van der Waals surface area contributed by atoms with Crippen molar-refractivity contribution in [3.8, 4) is 11.1 Å². The molecule has 2 heteroatoms. The van der Waals surface area contributed by atoms with Crippen LogP contribution < -0.4 is 9.80 Å². The zero-order valence-electron chi connectivity index (χ0n) is 27.4. The van der Waals surface area contributed by atoms with Crippen molar-refractivity contribution in [2.24, 2.45) is 0 Å². The van der Waals surface area contributed by atoms with Crippen LogP contribution in [0.1, 0.15) is 22.3 Å². The lowest BCUT2D eigenvalue weighted by Gasteiger charge is -2.28. The molecule has 0 atom stereocenters. The van der Waals surface area contributed by atoms with Crippen molar-refractivity contribution in [3.63, 3.8) is 0 Å². The molecule has 0 radical (unpaired) electrons. The molecule has 0 heterocycles. The number of aryl methyl sites for hydroxylation is 2. The van der Waals surface area contributed by atoms with Gasteiger partial charge in [-0.2, -0.15) is 0 Å². The van der Waals surface area contributed by atoms with Gasteiger partial charge < -0.3 is 9.80 Å². The lowest BCUT2D eigenvalue weighted by atomic mass is 10.0. The maximum atomic E-state index is 2.35. The summed E-state index contributed by atoms with van der Waals surface area (Å²) in [5.74, 6) is 0. The van der Waals surface area contributed by atoms with Crippen LogP contribution in [0.5, 0.6) is 0 Å². The molecule has 0 N–H and O–H groups in total. The number of hydrogen-bond acceptors (Lipinski definition) is 2. The van der Waals surface area contributed by atoms with Gasteiger partial charge in [0.05, 0.1) is 0 Å². The van der Waals surface area contributed by atoms with Gasteiger partial charge in [-0.3, -0.25) is 0 Å². The van der Waals surface area contributed by atoms with Crippen LogP contribution in [0.2, 0.25) is 0 Å². The summed E-state index contributed by atoms with van der Waals surface area (Å²) < 4.78 is 0. The molecule has 0 spiro atoms. The monoisotopic (exact) mass is 618 g/mol. The molecule has 0 fully saturated rings. The standard InChI is InChI=1S/C46H38N2/c1-35-13-9-11-19-45(35)48(46-20-12-10-14-36(46)2)44-31-25-38(26-32-44)22-21-37-23-27-39(28-24-37)40-29-33-43(34-30-40)47(41-15-5-3-6-16-41)42-17-7-4-8-18-42/h3-34H,1-2H3. The van der Waals surface area contributed by atoms with Gasteiger partial charge in [-0.25, -0.2) is 0 Å².